The fourth-order valence-corrected chi connectivity index (χ4v) is 3.51. The number of aromatic hydroxyl groups is 1. The van der Waals surface area contributed by atoms with Crippen LogP contribution >= 0.6 is 23.3 Å². The molecule has 0 aliphatic carbocycles. The van der Waals surface area contributed by atoms with Gasteiger partial charge in [-0.3, -0.25) is 4.79 Å². The number of hydrogen-bond acceptors (Lipinski definition) is 8. The lowest BCUT2D eigenvalue weighted by atomic mass is 9.85. The van der Waals surface area contributed by atoms with E-state index < -0.39 is 0 Å². The van der Waals surface area contributed by atoms with Crippen molar-refractivity contribution in [1.82, 2.24) is 13.6 Å². The number of carbonyl (C=O) groups is 1. The van der Waals surface area contributed by atoms with Crippen molar-refractivity contribution in [1.29, 1.82) is 0 Å². The van der Waals surface area contributed by atoms with Crippen molar-refractivity contribution < 1.29 is 14.3 Å². The molecule has 2 aromatic heterocycles. The zero-order chi connectivity index (χ0) is 22.1. The zero-order valence-corrected chi connectivity index (χ0v) is 18.9. The average Bonchev–Trinajstić information content (AvgIpc) is 3.28. The number of phenols is 1. The Bertz CT molecular complexity index is 1040. The van der Waals surface area contributed by atoms with Gasteiger partial charge in [-0.15, -0.1) is 0 Å². The van der Waals surface area contributed by atoms with Gasteiger partial charge in [-0.25, -0.2) is 0 Å². The van der Waals surface area contributed by atoms with Crippen LogP contribution in [-0.4, -0.2) is 38.8 Å². The highest BCUT2D eigenvalue weighted by Gasteiger charge is 2.31. The number of halogens is 1. The van der Waals surface area contributed by atoms with E-state index in [0.29, 0.717) is 28.3 Å². The summed E-state index contributed by atoms with van der Waals surface area (Å²) >= 11 is 6.98. The molecule has 3 rings (SSSR count). The minimum atomic E-state index is -0.298. The highest BCUT2D eigenvalue weighted by Crippen LogP contribution is 2.39. The molecule has 0 radical (unpaired) electrons. The number of rotatable bonds is 6. The molecule has 0 unspecified atom stereocenters. The van der Waals surface area contributed by atoms with E-state index >= 15 is 0 Å². The Morgan fingerprint density at radius 1 is 1.20 bits per heavy atom. The topological polar surface area (TPSA) is 104 Å². The number of amides is 1. The standard InChI is InChI=1S/C20H24ClN5O3S/c1-20(2,3)16(13-9-10-14(21)29-13)23-18-17(24-30-25-18)22-12-8-6-7-11(15(12)27)19(28)26(4)5/h6-10,16,27H,1-5H3,(H,22,24)(H,23,25)/t16-/m0/s1. The van der Waals surface area contributed by atoms with E-state index in [1.807, 2.05) is 6.07 Å². The molecule has 0 bridgehead atoms. The minimum absolute atomic E-state index is 0.152. The molecule has 8 nitrogen and oxygen atoms in total. The Morgan fingerprint density at radius 2 is 1.90 bits per heavy atom. The molecule has 0 saturated heterocycles. The number of furan rings is 1. The predicted octanol–water partition coefficient (Wildman–Crippen LogP) is 5.13. The van der Waals surface area contributed by atoms with Crippen molar-refractivity contribution in [2.45, 2.75) is 26.8 Å². The van der Waals surface area contributed by atoms with Gasteiger partial charge in [-0.1, -0.05) is 26.8 Å². The van der Waals surface area contributed by atoms with Crippen LogP contribution in [0.25, 0.3) is 0 Å². The molecule has 1 aromatic carbocycles. The van der Waals surface area contributed by atoms with Crippen LogP contribution in [0.2, 0.25) is 5.22 Å². The highest BCUT2D eigenvalue weighted by molar-refractivity contribution is 6.99. The largest absolute Gasteiger partial charge is 0.505 e. The van der Waals surface area contributed by atoms with Crippen molar-refractivity contribution in [2.24, 2.45) is 5.41 Å². The van der Waals surface area contributed by atoms with Gasteiger partial charge in [-0.2, -0.15) is 8.75 Å². The zero-order valence-electron chi connectivity index (χ0n) is 17.4. The first kappa shape index (κ1) is 21.9. The molecule has 0 spiro atoms. The summed E-state index contributed by atoms with van der Waals surface area (Å²) < 4.78 is 14.2. The maximum atomic E-state index is 12.3. The van der Waals surface area contributed by atoms with E-state index in [-0.39, 0.29) is 28.7 Å². The highest BCUT2D eigenvalue weighted by atomic mass is 35.5. The second-order valence-electron chi connectivity index (χ2n) is 8.07. The fraction of sp³-hybridized carbons (Fsp3) is 0.350. The van der Waals surface area contributed by atoms with Crippen LogP contribution < -0.4 is 10.6 Å². The Hall–Kier alpha value is -2.78. The van der Waals surface area contributed by atoms with E-state index in [4.69, 9.17) is 16.0 Å². The molecule has 3 aromatic rings. The molecule has 0 saturated carbocycles. The third kappa shape index (κ3) is 4.68. The van der Waals surface area contributed by atoms with Crippen molar-refractivity contribution in [3.8, 4) is 5.75 Å². The lowest BCUT2D eigenvalue weighted by Crippen LogP contribution is -2.25. The Kier molecular flexibility index (Phi) is 6.23. The molecule has 3 N–H and O–H groups in total. The number of nitrogens with zero attached hydrogens (tertiary/aromatic N) is 3. The quantitative estimate of drug-likeness (QED) is 0.448. The number of nitrogens with one attached hydrogen (secondary N) is 2. The molecule has 1 amide bonds. The molecule has 30 heavy (non-hydrogen) atoms. The van der Waals surface area contributed by atoms with E-state index in [9.17, 15) is 9.90 Å². The Morgan fingerprint density at radius 3 is 2.50 bits per heavy atom. The first-order chi connectivity index (χ1) is 14.1. The van der Waals surface area contributed by atoms with Crippen LogP contribution in [-0.2, 0) is 0 Å². The van der Waals surface area contributed by atoms with Crippen LogP contribution in [0.15, 0.2) is 34.7 Å². The number of carbonyl (C=O) groups excluding carboxylic acids is 1. The minimum Gasteiger partial charge on any atom is -0.505 e. The second-order valence-corrected chi connectivity index (χ2v) is 8.97. The molecule has 10 heteroatoms. The van der Waals surface area contributed by atoms with Gasteiger partial charge in [0.1, 0.15) is 5.76 Å². The van der Waals surface area contributed by atoms with Crippen LogP contribution in [0.4, 0.5) is 17.3 Å². The van der Waals surface area contributed by atoms with Gasteiger partial charge < -0.3 is 25.1 Å². The normalized spacial score (nSPS) is 12.5. The lowest BCUT2D eigenvalue weighted by molar-refractivity contribution is 0.0824. The molecule has 2 heterocycles. The third-order valence-corrected chi connectivity index (χ3v) is 5.17. The molecular formula is C20H24ClN5O3S. The van der Waals surface area contributed by atoms with E-state index in [0.717, 1.165) is 11.7 Å². The summed E-state index contributed by atoms with van der Waals surface area (Å²) in [5.41, 5.74) is 0.328. The maximum Gasteiger partial charge on any atom is 0.257 e. The summed E-state index contributed by atoms with van der Waals surface area (Å²) in [6, 6.07) is 8.20. The van der Waals surface area contributed by atoms with E-state index in [1.54, 1.807) is 38.4 Å². The van der Waals surface area contributed by atoms with Gasteiger partial charge in [0.15, 0.2) is 22.6 Å². The van der Waals surface area contributed by atoms with Crippen molar-refractivity contribution in [3.05, 3.63) is 46.9 Å². The number of phenolic OH excluding ortho intramolecular Hbond substituents is 1. The molecule has 0 aliphatic rings. The SMILES string of the molecule is CN(C)C(=O)c1cccc(Nc2nsnc2N[C@@H](c2ccc(Cl)o2)C(C)(C)C)c1O. The van der Waals surface area contributed by atoms with Crippen LogP contribution in [0, 0.1) is 5.41 Å². The van der Waals surface area contributed by atoms with Gasteiger partial charge >= 0.3 is 0 Å². The first-order valence-electron chi connectivity index (χ1n) is 9.23. The Labute approximate surface area is 184 Å². The van der Waals surface area contributed by atoms with Crippen molar-refractivity contribution in [2.75, 3.05) is 24.7 Å². The number of benzene rings is 1. The van der Waals surface area contributed by atoms with Gasteiger partial charge in [0.25, 0.3) is 5.91 Å². The lowest BCUT2D eigenvalue weighted by Gasteiger charge is -2.30. The van der Waals surface area contributed by atoms with Gasteiger partial charge in [0.05, 0.1) is 29.0 Å². The number of aromatic nitrogens is 2. The molecular weight excluding hydrogens is 426 g/mol. The summed E-state index contributed by atoms with van der Waals surface area (Å²) in [5, 5.41) is 17.3. The number of hydrogen-bond donors (Lipinski definition) is 3. The molecule has 0 fully saturated rings. The van der Waals surface area contributed by atoms with Crippen LogP contribution in [0.1, 0.15) is 42.9 Å². The van der Waals surface area contributed by atoms with Crippen molar-refractivity contribution in [3.63, 3.8) is 0 Å². The van der Waals surface area contributed by atoms with Crippen LogP contribution in [0.3, 0.4) is 0 Å². The average molecular weight is 450 g/mol. The van der Waals surface area contributed by atoms with Gasteiger partial charge in [-0.05, 0) is 41.3 Å². The molecule has 1 atom stereocenters. The maximum absolute atomic E-state index is 12.3. The summed E-state index contributed by atoms with van der Waals surface area (Å²) in [6.07, 6.45) is 0. The summed E-state index contributed by atoms with van der Waals surface area (Å²) in [6.45, 7) is 6.20. The van der Waals surface area contributed by atoms with E-state index in [2.05, 4.69) is 40.2 Å². The second kappa shape index (κ2) is 8.53. The van der Waals surface area contributed by atoms with Crippen molar-refractivity contribution >= 4 is 46.6 Å². The van der Waals surface area contributed by atoms with Gasteiger partial charge in [0.2, 0.25) is 0 Å². The first-order valence-corrected chi connectivity index (χ1v) is 10.3. The fourth-order valence-electron chi connectivity index (χ4n) is 2.89. The van der Waals surface area contributed by atoms with Gasteiger partial charge in [0, 0.05) is 14.1 Å². The molecule has 0 aliphatic heterocycles. The molecule has 160 valence electrons. The van der Waals surface area contributed by atoms with Crippen LogP contribution in [0.5, 0.6) is 5.75 Å². The smallest absolute Gasteiger partial charge is 0.257 e. The summed E-state index contributed by atoms with van der Waals surface area (Å²) in [5.74, 6) is 1.15. The van der Waals surface area contributed by atoms with E-state index in [1.165, 1.54) is 4.90 Å². The summed E-state index contributed by atoms with van der Waals surface area (Å²) in [4.78, 5) is 13.7. The predicted molar refractivity (Wildman–Crippen MR) is 119 cm³/mol. The third-order valence-electron chi connectivity index (χ3n) is 4.44. The monoisotopic (exact) mass is 449 g/mol. The number of anilines is 3. The Balaban J connectivity index is 1.89. The summed E-state index contributed by atoms with van der Waals surface area (Å²) in [7, 11) is 3.25. The number of para-hydroxylation sites is 1.